The monoisotopic (exact) mass is 273 g/mol. The zero-order valence-corrected chi connectivity index (χ0v) is 11.2. The topological polar surface area (TPSA) is 83.2 Å². The minimum atomic E-state index is -0.387. The first kappa shape index (κ1) is 13.7. The second-order valence-corrected chi connectivity index (χ2v) is 4.06. The molecular weight excluding hydrogens is 258 g/mol. The minimum Gasteiger partial charge on any atom is -0.491 e. The lowest BCUT2D eigenvalue weighted by molar-refractivity contribution is 0.102. The molecule has 0 saturated heterocycles. The number of rotatable bonds is 4. The molecule has 1 aromatic heterocycles. The highest BCUT2D eigenvalue weighted by Gasteiger charge is 2.09. The molecule has 1 amide bonds. The molecule has 6 nitrogen and oxygen atoms in total. The Kier molecular flexibility index (Phi) is 4.05. The summed E-state index contributed by atoms with van der Waals surface area (Å²) in [5.41, 5.74) is 1.42. The van der Waals surface area contributed by atoms with Crippen LogP contribution in [0.15, 0.2) is 41.3 Å². The SMILES string of the molecule is CNc1ccc(NC(=O)c2cc(=O)c(OC)c[nH]2)cc1. The van der Waals surface area contributed by atoms with Crippen LogP contribution in [-0.4, -0.2) is 25.0 Å². The van der Waals surface area contributed by atoms with Gasteiger partial charge in [0.15, 0.2) is 5.75 Å². The van der Waals surface area contributed by atoms with Crippen LogP contribution in [0.5, 0.6) is 5.75 Å². The second kappa shape index (κ2) is 5.92. The van der Waals surface area contributed by atoms with Gasteiger partial charge in [0.05, 0.1) is 7.11 Å². The van der Waals surface area contributed by atoms with Gasteiger partial charge in [0.2, 0.25) is 5.43 Å². The number of H-pyrrole nitrogens is 1. The molecule has 0 saturated carbocycles. The lowest BCUT2D eigenvalue weighted by Gasteiger charge is -2.07. The highest BCUT2D eigenvalue weighted by molar-refractivity contribution is 6.02. The highest BCUT2D eigenvalue weighted by Crippen LogP contribution is 2.13. The molecule has 20 heavy (non-hydrogen) atoms. The fourth-order valence-corrected chi connectivity index (χ4v) is 1.67. The number of pyridine rings is 1. The molecule has 1 heterocycles. The maximum Gasteiger partial charge on any atom is 0.272 e. The number of ether oxygens (including phenoxy) is 1. The summed E-state index contributed by atoms with van der Waals surface area (Å²) in [7, 11) is 3.21. The van der Waals surface area contributed by atoms with Gasteiger partial charge >= 0.3 is 0 Å². The molecule has 0 aliphatic rings. The standard InChI is InChI=1S/C14H15N3O3/c1-15-9-3-5-10(6-4-9)17-14(19)11-7-12(18)13(20-2)8-16-11/h3-8,15H,1-2H3,(H,16,18)(H,17,19). The number of amides is 1. The van der Waals surface area contributed by atoms with Gasteiger partial charge in [-0.05, 0) is 24.3 Å². The van der Waals surface area contributed by atoms with E-state index in [2.05, 4.69) is 15.6 Å². The van der Waals surface area contributed by atoms with E-state index in [4.69, 9.17) is 4.74 Å². The van der Waals surface area contributed by atoms with Crippen LogP contribution in [0.1, 0.15) is 10.5 Å². The predicted octanol–water partition coefficient (Wildman–Crippen LogP) is 1.68. The number of nitrogens with one attached hydrogen (secondary N) is 3. The Morgan fingerprint density at radius 1 is 1.20 bits per heavy atom. The number of carbonyl (C=O) groups excluding carboxylic acids is 1. The van der Waals surface area contributed by atoms with Gasteiger partial charge in [-0.25, -0.2) is 0 Å². The van der Waals surface area contributed by atoms with Gasteiger partial charge < -0.3 is 20.4 Å². The molecule has 0 aliphatic heterocycles. The van der Waals surface area contributed by atoms with Crippen molar-refractivity contribution >= 4 is 17.3 Å². The fraction of sp³-hybridized carbons (Fsp3) is 0.143. The van der Waals surface area contributed by atoms with Crippen molar-refractivity contribution in [3.05, 3.63) is 52.4 Å². The molecule has 1 aromatic carbocycles. The summed E-state index contributed by atoms with van der Waals surface area (Å²) in [6.45, 7) is 0. The summed E-state index contributed by atoms with van der Waals surface area (Å²) in [4.78, 5) is 26.3. The van der Waals surface area contributed by atoms with Crippen LogP contribution in [0.3, 0.4) is 0 Å². The summed E-state index contributed by atoms with van der Waals surface area (Å²) >= 11 is 0. The molecule has 3 N–H and O–H groups in total. The molecule has 0 aliphatic carbocycles. The normalized spacial score (nSPS) is 9.90. The number of hydrogen-bond donors (Lipinski definition) is 3. The van der Waals surface area contributed by atoms with Crippen LogP contribution in [-0.2, 0) is 0 Å². The van der Waals surface area contributed by atoms with E-state index in [0.29, 0.717) is 5.69 Å². The average molecular weight is 273 g/mol. The highest BCUT2D eigenvalue weighted by atomic mass is 16.5. The Morgan fingerprint density at radius 2 is 1.85 bits per heavy atom. The third-order valence-corrected chi connectivity index (χ3v) is 2.77. The fourth-order valence-electron chi connectivity index (χ4n) is 1.67. The molecule has 104 valence electrons. The van der Waals surface area contributed by atoms with E-state index in [1.807, 2.05) is 19.2 Å². The van der Waals surface area contributed by atoms with Crippen LogP contribution >= 0.6 is 0 Å². The number of aromatic nitrogens is 1. The van der Waals surface area contributed by atoms with Crippen LogP contribution < -0.4 is 20.8 Å². The van der Waals surface area contributed by atoms with E-state index in [0.717, 1.165) is 5.69 Å². The summed E-state index contributed by atoms with van der Waals surface area (Å²) in [5.74, 6) is -0.220. The van der Waals surface area contributed by atoms with Crippen molar-refractivity contribution in [3.8, 4) is 5.75 Å². The number of benzene rings is 1. The molecule has 0 fully saturated rings. The molecular formula is C14H15N3O3. The smallest absolute Gasteiger partial charge is 0.272 e. The Balaban J connectivity index is 2.15. The van der Waals surface area contributed by atoms with Crippen molar-refractivity contribution in [2.24, 2.45) is 0 Å². The third kappa shape index (κ3) is 2.97. The lowest BCUT2D eigenvalue weighted by Crippen LogP contribution is -2.17. The quantitative estimate of drug-likeness (QED) is 0.791. The van der Waals surface area contributed by atoms with Gasteiger partial charge in [-0.1, -0.05) is 0 Å². The molecule has 6 heteroatoms. The van der Waals surface area contributed by atoms with E-state index in [-0.39, 0.29) is 22.8 Å². The van der Waals surface area contributed by atoms with Crippen molar-refractivity contribution in [1.29, 1.82) is 0 Å². The van der Waals surface area contributed by atoms with Gasteiger partial charge in [-0.15, -0.1) is 0 Å². The zero-order valence-electron chi connectivity index (χ0n) is 11.2. The summed E-state index contributed by atoms with van der Waals surface area (Å²) in [6, 6.07) is 8.42. The Labute approximate surface area is 115 Å². The number of hydrogen-bond acceptors (Lipinski definition) is 4. The predicted molar refractivity (Wildman–Crippen MR) is 77.6 cm³/mol. The van der Waals surface area contributed by atoms with Crippen molar-refractivity contribution < 1.29 is 9.53 Å². The molecule has 0 atom stereocenters. The largest absolute Gasteiger partial charge is 0.491 e. The summed E-state index contributed by atoms with van der Waals surface area (Å²) in [6.07, 6.45) is 1.36. The zero-order chi connectivity index (χ0) is 14.5. The van der Waals surface area contributed by atoms with Crippen LogP contribution in [0.4, 0.5) is 11.4 Å². The molecule has 0 spiro atoms. The van der Waals surface area contributed by atoms with Crippen molar-refractivity contribution in [2.75, 3.05) is 24.8 Å². The maximum atomic E-state index is 12.0. The number of anilines is 2. The molecule has 0 radical (unpaired) electrons. The second-order valence-electron chi connectivity index (χ2n) is 4.06. The van der Waals surface area contributed by atoms with E-state index in [1.54, 1.807) is 12.1 Å². The van der Waals surface area contributed by atoms with E-state index >= 15 is 0 Å². The summed E-state index contributed by atoms with van der Waals surface area (Å²) < 4.78 is 4.84. The number of carbonyl (C=O) groups is 1. The molecule has 0 bridgehead atoms. The van der Waals surface area contributed by atoms with Crippen molar-refractivity contribution in [1.82, 2.24) is 4.98 Å². The number of methoxy groups -OCH3 is 1. The Morgan fingerprint density at radius 3 is 2.40 bits per heavy atom. The van der Waals surface area contributed by atoms with Gasteiger partial charge in [0.25, 0.3) is 5.91 Å². The van der Waals surface area contributed by atoms with Gasteiger partial charge in [0, 0.05) is 30.7 Å². The van der Waals surface area contributed by atoms with Crippen LogP contribution in [0.2, 0.25) is 0 Å². The van der Waals surface area contributed by atoms with E-state index in [9.17, 15) is 9.59 Å². The molecule has 2 rings (SSSR count). The average Bonchev–Trinajstić information content (AvgIpc) is 2.48. The Bertz CT molecular complexity index is 662. The first-order chi connectivity index (χ1) is 9.63. The maximum absolute atomic E-state index is 12.0. The van der Waals surface area contributed by atoms with E-state index < -0.39 is 0 Å². The lowest BCUT2D eigenvalue weighted by atomic mass is 10.2. The van der Waals surface area contributed by atoms with Crippen molar-refractivity contribution in [3.63, 3.8) is 0 Å². The molecule has 0 unspecified atom stereocenters. The molecule has 2 aromatic rings. The first-order valence-corrected chi connectivity index (χ1v) is 6.00. The van der Waals surface area contributed by atoms with Crippen LogP contribution in [0, 0.1) is 0 Å². The van der Waals surface area contributed by atoms with Gasteiger partial charge in [-0.2, -0.15) is 0 Å². The van der Waals surface area contributed by atoms with Crippen LogP contribution in [0.25, 0.3) is 0 Å². The summed E-state index contributed by atoms with van der Waals surface area (Å²) in [5, 5.41) is 5.68. The third-order valence-electron chi connectivity index (χ3n) is 2.77. The first-order valence-electron chi connectivity index (χ1n) is 6.00. The van der Waals surface area contributed by atoms with E-state index in [1.165, 1.54) is 19.4 Å². The Hall–Kier alpha value is -2.76. The van der Waals surface area contributed by atoms with Crippen molar-refractivity contribution in [2.45, 2.75) is 0 Å². The number of aromatic amines is 1. The van der Waals surface area contributed by atoms with Gasteiger partial charge in [-0.3, -0.25) is 9.59 Å². The minimum absolute atomic E-state index is 0.167. The van der Waals surface area contributed by atoms with Gasteiger partial charge in [0.1, 0.15) is 5.69 Å².